The average Bonchev–Trinajstić information content (AvgIpc) is 2.15. The second-order valence-corrected chi connectivity index (χ2v) is 4.58. The zero-order valence-corrected chi connectivity index (χ0v) is 10.1. The van der Waals surface area contributed by atoms with Gasteiger partial charge in [0.2, 0.25) is 0 Å². The van der Waals surface area contributed by atoms with Gasteiger partial charge in [0.1, 0.15) is 6.04 Å². The fraction of sp³-hybridized carbons (Fsp3) is 0.750. The van der Waals surface area contributed by atoms with E-state index in [2.05, 4.69) is 11.2 Å². The molecule has 86 valence electrons. The summed E-state index contributed by atoms with van der Waals surface area (Å²) in [6.45, 7) is 6.75. The van der Waals surface area contributed by atoms with Crippen LogP contribution in [0.1, 0.15) is 33.6 Å². The smallest absolute Gasteiger partial charge is 0.323 e. The van der Waals surface area contributed by atoms with Crippen LogP contribution in [0, 0.1) is 17.8 Å². The van der Waals surface area contributed by atoms with Crippen molar-refractivity contribution in [3.8, 4) is 12.3 Å². The third-order valence-electron chi connectivity index (χ3n) is 2.15. The van der Waals surface area contributed by atoms with Crippen LogP contribution >= 0.6 is 0 Å². The van der Waals surface area contributed by atoms with E-state index in [1.807, 2.05) is 20.8 Å². The first-order valence-corrected chi connectivity index (χ1v) is 5.18. The van der Waals surface area contributed by atoms with Crippen LogP contribution in [0.5, 0.6) is 0 Å². The fourth-order valence-corrected chi connectivity index (χ4v) is 1.30. The van der Waals surface area contributed by atoms with Gasteiger partial charge in [0.25, 0.3) is 0 Å². The minimum atomic E-state index is -0.278. The number of carbonyl (C=O) groups is 1. The second-order valence-electron chi connectivity index (χ2n) is 4.58. The summed E-state index contributed by atoms with van der Waals surface area (Å²) in [6, 6.07) is -0.278. The maximum Gasteiger partial charge on any atom is 0.323 e. The fourth-order valence-electron chi connectivity index (χ4n) is 1.30. The van der Waals surface area contributed by atoms with Gasteiger partial charge in [-0.25, -0.2) is 0 Å². The number of esters is 1. The summed E-state index contributed by atoms with van der Waals surface area (Å²) in [6.07, 6.45) is 6.75. The van der Waals surface area contributed by atoms with Gasteiger partial charge >= 0.3 is 5.97 Å². The van der Waals surface area contributed by atoms with Gasteiger partial charge in [0.15, 0.2) is 0 Å². The van der Waals surface area contributed by atoms with Crippen LogP contribution in [-0.4, -0.2) is 25.7 Å². The number of ether oxygens (including phenoxy) is 1. The SMILES string of the molecule is C#CCCCNC(C(=O)OC)C(C)(C)C. The molecule has 0 aromatic rings. The van der Waals surface area contributed by atoms with Crippen molar-refractivity contribution < 1.29 is 9.53 Å². The van der Waals surface area contributed by atoms with Crippen LogP contribution in [0.15, 0.2) is 0 Å². The van der Waals surface area contributed by atoms with E-state index in [9.17, 15) is 4.79 Å². The lowest BCUT2D eigenvalue weighted by Crippen LogP contribution is -2.47. The number of hydrogen-bond acceptors (Lipinski definition) is 3. The Labute approximate surface area is 92.6 Å². The standard InChI is InChI=1S/C12H21NO2/c1-6-7-8-9-13-10(11(14)15-5)12(2,3)4/h1,10,13H,7-9H2,2-5H3. The molecule has 1 unspecified atom stereocenters. The van der Waals surface area contributed by atoms with Crippen molar-refractivity contribution in [2.45, 2.75) is 39.7 Å². The molecule has 3 nitrogen and oxygen atoms in total. The Morgan fingerprint density at radius 2 is 2.13 bits per heavy atom. The molecule has 0 radical (unpaired) electrons. The number of terminal acetylenes is 1. The molecule has 15 heavy (non-hydrogen) atoms. The van der Waals surface area contributed by atoms with E-state index in [1.54, 1.807) is 0 Å². The number of nitrogens with one attached hydrogen (secondary N) is 1. The number of methoxy groups -OCH3 is 1. The summed E-state index contributed by atoms with van der Waals surface area (Å²) in [5.41, 5.74) is -0.150. The van der Waals surface area contributed by atoms with Gasteiger partial charge in [-0.1, -0.05) is 20.8 Å². The number of carbonyl (C=O) groups excluding carboxylic acids is 1. The summed E-state index contributed by atoms with van der Waals surface area (Å²) in [5, 5.41) is 3.18. The van der Waals surface area contributed by atoms with E-state index >= 15 is 0 Å². The molecule has 0 spiro atoms. The van der Waals surface area contributed by atoms with Gasteiger partial charge < -0.3 is 10.1 Å². The molecule has 1 N–H and O–H groups in total. The Balaban J connectivity index is 4.16. The average molecular weight is 211 g/mol. The first-order chi connectivity index (χ1) is 6.93. The van der Waals surface area contributed by atoms with E-state index in [1.165, 1.54) is 7.11 Å². The zero-order valence-electron chi connectivity index (χ0n) is 10.1. The molecule has 0 heterocycles. The molecule has 0 saturated carbocycles. The molecule has 0 amide bonds. The number of unbranched alkanes of at least 4 members (excludes halogenated alkanes) is 1. The van der Waals surface area contributed by atoms with Crippen LogP contribution in [-0.2, 0) is 9.53 Å². The van der Waals surface area contributed by atoms with E-state index < -0.39 is 0 Å². The van der Waals surface area contributed by atoms with Gasteiger partial charge in [-0.2, -0.15) is 0 Å². The summed E-state index contributed by atoms with van der Waals surface area (Å²) < 4.78 is 4.75. The summed E-state index contributed by atoms with van der Waals surface area (Å²) in [4.78, 5) is 11.5. The predicted octanol–water partition coefficient (Wildman–Crippen LogP) is 1.58. The summed E-state index contributed by atoms with van der Waals surface area (Å²) in [7, 11) is 1.41. The monoisotopic (exact) mass is 211 g/mol. The molecular weight excluding hydrogens is 190 g/mol. The highest BCUT2D eigenvalue weighted by Crippen LogP contribution is 2.20. The van der Waals surface area contributed by atoms with E-state index in [0.29, 0.717) is 0 Å². The molecule has 0 saturated heterocycles. The minimum absolute atomic E-state index is 0.150. The van der Waals surface area contributed by atoms with Crippen LogP contribution in [0.3, 0.4) is 0 Å². The second kappa shape index (κ2) is 6.47. The van der Waals surface area contributed by atoms with E-state index in [4.69, 9.17) is 11.2 Å². The molecule has 0 aromatic carbocycles. The van der Waals surface area contributed by atoms with Crippen molar-refractivity contribution in [2.24, 2.45) is 5.41 Å². The normalized spacial score (nSPS) is 13.0. The number of hydrogen-bond donors (Lipinski definition) is 1. The highest BCUT2D eigenvalue weighted by molar-refractivity contribution is 5.76. The van der Waals surface area contributed by atoms with Gasteiger partial charge in [-0.15, -0.1) is 12.3 Å². The maximum atomic E-state index is 11.5. The molecule has 0 aromatic heterocycles. The molecule has 0 fully saturated rings. The molecule has 0 rings (SSSR count). The maximum absolute atomic E-state index is 11.5. The Morgan fingerprint density at radius 3 is 2.53 bits per heavy atom. The van der Waals surface area contributed by atoms with Gasteiger partial charge in [0, 0.05) is 6.42 Å². The highest BCUT2D eigenvalue weighted by Gasteiger charge is 2.31. The van der Waals surface area contributed by atoms with Crippen LogP contribution < -0.4 is 5.32 Å². The highest BCUT2D eigenvalue weighted by atomic mass is 16.5. The summed E-state index contributed by atoms with van der Waals surface area (Å²) >= 11 is 0. The third-order valence-corrected chi connectivity index (χ3v) is 2.15. The third kappa shape index (κ3) is 5.44. The van der Waals surface area contributed by atoms with E-state index in [-0.39, 0.29) is 17.4 Å². The van der Waals surface area contributed by atoms with Crippen molar-refractivity contribution in [1.29, 1.82) is 0 Å². The lowest BCUT2D eigenvalue weighted by atomic mass is 9.86. The zero-order chi connectivity index (χ0) is 11.9. The van der Waals surface area contributed by atoms with Gasteiger partial charge in [0.05, 0.1) is 7.11 Å². The molecule has 1 atom stereocenters. The van der Waals surface area contributed by atoms with Crippen molar-refractivity contribution in [3.05, 3.63) is 0 Å². The predicted molar refractivity (Wildman–Crippen MR) is 61.3 cm³/mol. The molecule has 0 aliphatic carbocycles. The quantitative estimate of drug-likeness (QED) is 0.426. The van der Waals surface area contributed by atoms with Crippen molar-refractivity contribution in [1.82, 2.24) is 5.32 Å². The lowest BCUT2D eigenvalue weighted by Gasteiger charge is -2.29. The van der Waals surface area contributed by atoms with Crippen LogP contribution in [0.2, 0.25) is 0 Å². The Morgan fingerprint density at radius 1 is 1.53 bits per heavy atom. The molecule has 0 bridgehead atoms. The van der Waals surface area contributed by atoms with Gasteiger partial charge in [-0.3, -0.25) is 4.79 Å². The molecule has 3 heteroatoms. The van der Waals surface area contributed by atoms with Crippen LogP contribution in [0.25, 0.3) is 0 Å². The Bertz CT molecular complexity index is 235. The van der Waals surface area contributed by atoms with Crippen molar-refractivity contribution in [3.63, 3.8) is 0 Å². The Hall–Kier alpha value is -1.01. The van der Waals surface area contributed by atoms with E-state index in [0.717, 1.165) is 19.4 Å². The number of rotatable bonds is 5. The topological polar surface area (TPSA) is 38.3 Å². The minimum Gasteiger partial charge on any atom is -0.468 e. The largest absolute Gasteiger partial charge is 0.468 e. The molecule has 0 aliphatic rings. The summed E-state index contributed by atoms with van der Waals surface area (Å²) in [5.74, 6) is 2.35. The lowest BCUT2D eigenvalue weighted by molar-refractivity contribution is -0.146. The Kier molecular flexibility index (Phi) is 6.03. The van der Waals surface area contributed by atoms with Crippen molar-refractivity contribution in [2.75, 3.05) is 13.7 Å². The van der Waals surface area contributed by atoms with Gasteiger partial charge in [-0.05, 0) is 18.4 Å². The molecular formula is C12H21NO2. The molecule has 0 aliphatic heterocycles. The first kappa shape index (κ1) is 14.0. The first-order valence-electron chi connectivity index (χ1n) is 5.18. The van der Waals surface area contributed by atoms with Crippen molar-refractivity contribution >= 4 is 5.97 Å². The van der Waals surface area contributed by atoms with Crippen LogP contribution in [0.4, 0.5) is 0 Å².